The Bertz CT molecular complexity index is 755. The van der Waals surface area contributed by atoms with E-state index in [1.54, 1.807) is 12.1 Å². The molecule has 5 nitrogen and oxygen atoms in total. The number of piperidine rings is 1. The van der Waals surface area contributed by atoms with E-state index in [0.29, 0.717) is 11.5 Å². The molecule has 0 aliphatic carbocycles. The molecule has 3 atom stereocenters. The van der Waals surface area contributed by atoms with Gasteiger partial charge in [-0.05, 0) is 43.1 Å². The number of carbonyl (C=O) groups is 2. The van der Waals surface area contributed by atoms with Crippen LogP contribution in [0.5, 0.6) is 0 Å². The van der Waals surface area contributed by atoms with Crippen molar-refractivity contribution in [3.8, 4) is 0 Å². The minimum Gasteiger partial charge on any atom is -0.353 e. The molecule has 0 spiro atoms. The number of benzene rings is 2. The number of amides is 2. The molecule has 2 amide bonds. The predicted octanol–water partition coefficient (Wildman–Crippen LogP) is 3.08. The summed E-state index contributed by atoms with van der Waals surface area (Å²) in [6.45, 7) is 3.98. The molecule has 150 valence electrons. The average molecular weight is 402 g/mol. The zero-order valence-electron chi connectivity index (χ0n) is 16.1. The Kier molecular flexibility index (Phi) is 8.48. The van der Waals surface area contributed by atoms with Gasteiger partial charge in [-0.2, -0.15) is 0 Å². The van der Waals surface area contributed by atoms with Gasteiger partial charge in [0.05, 0.1) is 12.5 Å². The number of hydrogen-bond acceptors (Lipinski definition) is 3. The lowest BCUT2D eigenvalue weighted by Gasteiger charge is -2.31. The molecular formula is C22H28ClN3O2. The molecule has 2 aromatic carbocycles. The van der Waals surface area contributed by atoms with E-state index in [1.165, 1.54) is 0 Å². The van der Waals surface area contributed by atoms with Crippen molar-refractivity contribution in [2.75, 3.05) is 13.1 Å². The molecule has 0 bridgehead atoms. The molecule has 28 heavy (non-hydrogen) atoms. The van der Waals surface area contributed by atoms with Crippen LogP contribution in [0.25, 0.3) is 0 Å². The molecule has 0 aromatic heterocycles. The largest absolute Gasteiger partial charge is 0.353 e. The molecule has 3 N–H and O–H groups in total. The van der Waals surface area contributed by atoms with Gasteiger partial charge in [0.15, 0.2) is 0 Å². The van der Waals surface area contributed by atoms with Gasteiger partial charge in [-0.1, -0.05) is 55.5 Å². The fourth-order valence-electron chi connectivity index (χ4n) is 3.45. The molecule has 0 saturated carbocycles. The van der Waals surface area contributed by atoms with Crippen LogP contribution in [0.15, 0.2) is 60.7 Å². The summed E-state index contributed by atoms with van der Waals surface area (Å²) in [5.41, 5.74) is 1.51. The highest BCUT2D eigenvalue weighted by molar-refractivity contribution is 5.94. The van der Waals surface area contributed by atoms with E-state index in [9.17, 15) is 9.59 Å². The zero-order valence-corrected chi connectivity index (χ0v) is 16.9. The number of rotatable bonds is 6. The second-order valence-electron chi connectivity index (χ2n) is 7.15. The lowest BCUT2D eigenvalue weighted by molar-refractivity contribution is -0.122. The lowest BCUT2D eigenvalue weighted by atomic mass is 9.94. The maximum absolute atomic E-state index is 12.7. The summed E-state index contributed by atoms with van der Waals surface area (Å²) in [6, 6.07) is 18.5. The molecule has 1 saturated heterocycles. The normalized spacial score (nSPS) is 19.8. The van der Waals surface area contributed by atoms with Crippen LogP contribution in [-0.4, -0.2) is 30.9 Å². The Hall–Kier alpha value is -2.37. The third kappa shape index (κ3) is 6.08. The van der Waals surface area contributed by atoms with Gasteiger partial charge in [0.25, 0.3) is 5.91 Å². The third-order valence-corrected chi connectivity index (χ3v) is 5.06. The van der Waals surface area contributed by atoms with Gasteiger partial charge in [-0.15, -0.1) is 12.4 Å². The van der Waals surface area contributed by atoms with Crippen LogP contribution >= 0.6 is 12.4 Å². The highest BCUT2D eigenvalue weighted by atomic mass is 35.5. The molecule has 2 aromatic rings. The van der Waals surface area contributed by atoms with Crippen LogP contribution in [0.4, 0.5) is 0 Å². The van der Waals surface area contributed by atoms with Crippen molar-refractivity contribution in [1.29, 1.82) is 0 Å². The van der Waals surface area contributed by atoms with Crippen LogP contribution in [0.2, 0.25) is 0 Å². The first kappa shape index (κ1) is 21.9. The summed E-state index contributed by atoms with van der Waals surface area (Å²) in [5.74, 6) is 0.195. The lowest BCUT2D eigenvalue weighted by Crippen LogP contribution is -2.49. The Balaban J connectivity index is 0.00000280. The number of halogens is 1. The maximum atomic E-state index is 12.7. The standard InChI is InChI=1S/C22H27N3O2.ClH/c1-16-15-23-13-12-19(16)24-21(26)14-20(17-8-4-2-5-9-17)25-22(27)18-10-6-3-7-11-18;/h2-11,16,19-20,23H,12-15H2,1H3,(H,24,26)(H,25,27);1H. The minimum absolute atomic E-state index is 0. The molecule has 1 fully saturated rings. The van der Waals surface area contributed by atoms with E-state index in [0.717, 1.165) is 25.1 Å². The maximum Gasteiger partial charge on any atom is 0.251 e. The van der Waals surface area contributed by atoms with E-state index in [1.807, 2.05) is 48.5 Å². The summed E-state index contributed by atoms with van der Waals surface area (Å²) in [6.07, 6.45) is 1.15. The number of carbonyl (C=O) groups excluding carboxylic acids is 2. The summed E-state index contributed by atoms with van der Waals surface area (Å²) < 4.78 is 0. The van der Waals surface area contributed by atoms with Gasteiger partial charge in [0, 0.05) is 11.6 Å². The Morgan fingerprint density at radius 2 is 1.71 bits per heavy atom. The average Bonchev–Trinajstić information content (AvgIpc) is 2.70. The summed E-state index contributed by atoms with van der Waals surface area (Å²) in [7, 11) is 0. The monoisotopic (exact) mass is 401 g/mol. The molecular weight excluding hydrogens is 374 g/mol. The second kappa shape index (κ2) is 10.8. The Labute approximate surface area is 172 Å². The Morgan fingerprint density at radius 3 is 2.36 bits per heavy atom. The van der Waals surface area contributed by atoms with Crippen molar-refractivity contribution in [2.45, 2.75) is 31.8 Å². The van der Waals surface area contributed by atoms with Gasteiger partial charge in [-0.3, -0.25) is 9.59 Å². The molecule has 1 aliphatic heterocycles. The van der Waals surface area contributed by atoms with Crippen LogP contribution in [-0.2, 0) is 4.79 Å². The van der Waals surface area contributed by atoms with E-state index in [-0.39, 0.29) is 42.7 Å². The van der Waals surface area contributed by atoms with Crippen LogP contribution in [0, 0.1) is 5.92 Å². The van der Waals surface area contributed by atoms with E-state index in [2.05, 4.69) is 22.9 Å². The molecule has 1 aliphatic rings. The third-order valence-electron chi connectivity index (χ3n) is 5.06. The molecule has 3 rings (SSSR count). The topological polar surface area (TPSA) is 70.2 Å². The van der Waals surface area contributed by atoms with E-state index < -0.39 is 0 Å². The first-order chi connectivity index (χ1) is 13.1. The first-order valence-electron chi connectivity index (χ1n) is 9.54. The van der Waals surface area contributed by atoms with Crippen LogP contribution < -0.4 is 16.0 Å². The van der Waals surface area contributed by atoms with E-state index >= 15 is 0 Å². The van der Waals surface area contributed by atoms with Crippen molar-refractivity contribution in [3.05, 3.63) is 71.8 Å². The highest BCUT2D eigenvalue weighted by Gasteiger charge is 2.25. The smallest absolute Gasteiger partial charge is 0.251 e. The van der Waals surface area contributed by atoms with Crippen molar-refractivity contribution < 1.29 is 9.59 Å². The highest BCUT2D eigenvalue weighted by Crippen LogP contribution is 2.19. The minimum atomic E-state index is -0.365. The van der Waals surface area contributed by atoms with Crippen molar-refractivity contribution in [1.82, 2.24) is 16.0 Å². The van der Waals surface area contributed by atoms with Gasteiger partial charge < -0.3 is 16.0 Å². The first-order valence-corrected chi connectivity index (χ1v) is 9.54. The van der Waals surface area contributed by atoms with E-state index in [4.69, 9.17) is 0 Å². The molecule has 0 radical (unpaired) electrons. The van der Waals surface area contributed by atoms with Gasteiger partial charge in [0.1, 0.15) is 0 Å². The summed E-state index contributed by atoms with van der Waals surface area (Å²) >= 11 is 0. The molecule has 6 heteroatoms. The number of hydrogen-bond donors (Lipinski definition) is 3. The zero-order chi connectivity index (χ0) is 19.1. The van der Waals surface area contributed by atoms with Crippen molar-refractivity contribution >= 4 is 24.2 Å². The van der Waals surface area contributed by atoms with Crippen LogP contribution in [0.1, 0.15) is 41.7 Å². The Morgan fingerprint density at radius 1 is 1.07 bits per heavy atom. The fourth-order valence-corrected chi connectivity index (χ4v) is 3.45. The molecule has 1 heterocycles. The van der Waals surface area contributed by atoms with Gasteiger partial charge in [0.2, 0.25) is 5.91 Å². The number of nitrogens with one attached hydrogen (secondary N) is 3. The summed E-state index contributed by atoms with van der Waals surface area (Å²) in [4.78, 5) is 25.3. The van der Waals surface area contributed by atoms with Crippen LogP contribution in [0.3, 0.4) is 0 Å². The van der Waals surface area contributed by atoms with Gasteiger partial charge >= 0.3 is 0 Å². The summed E-state index contributed by atoms with van der Waals surface area (Å²) in [5, 5.41) is 9.51. The van der Waals surface area contributed by atoms with Gasteiger partial charge in [-0.25, -0.2) is 0 Å². The molecule has 3 unspecified atom stereocenters. The quantitative estimate of drug-likeness (QED) is 0.696. The fraction of sp³-hybridized carbons (Fsp3) is 0.364. The second-order valence-corrected chi connectivity index (χ2v) is 7.15. The predicted molar refractivity (Wildman–Crippen MR) is 114 cm³/mol. The van der Waals surface area contributed by atoms with Crippen molar-refractivity contribution in [2.24, 2.45) is 5.92 Å². The van der Waals surface area contributed by atoms with Crippen molar-refractivity contribution in [3.63, 3.8) is 0 Å². The SMILES string of the molecule is CC1CNCCC1NC(=O)CC(NC(=O)c1ccccc1)c1ccccc1.Cl.